The fourth-order valence-electron chi connectivity index (χ4n) is 1.95. The molecular formula is C13H14O3S. The van der Waals surface area contributed by atoms with Crippen LogP contribution in [0.5, 0.6) is 0 Å². The molecule has 0 amide bonds. The van der Waals surface area contributed by atoms with Gasteiger partial charge in [-0.15, -0.1) is 11.8 Å². The van der Waals surface area contributed by atoms with Gasteiger partial charge in [-0.25, -0.2) is 4.79 Å². The highest BCUT2D eigenvalue weighted by molar-refractivity contribution is 8.00. The molecule has 1 unspecified atom stereocenters. The number of carbonyl (C=O) groups excluding carboxylic acids is 2. The van der Waals surface area contributed by atoms with Crippen LogP contribution in [-0.2, 0) is 16.0 Å². The van der Waals surface area contributed by atoms with Gasteiger partial charge in [0, 0.05) is 15.7 Å². The molecule has 4 heteroatoms. The number of hydrogen-bond acceptors (Lipinski definition) is 4. The van der Waals surface area contributed by atoms with Gasteiger partial charge in [0.2, 0.25) is 0 Å². The number of rotatable bonds is 3. The van der Waals surface area contributed by atoms with Crippen LogP contribution < -0.4 is 0 Å². The van der Waals surface area contributed by atoms with Gasteiger partial charge in [-0.2, -0.15) is 0 Å². The van der Waals surface area contributed by atoms with Gasteiger partial charge in [-0.05, 0) is 25.0 Å². The zero-order valence-electron chi connectivity index (χ0n) is 9.86. The number of ketones is 1. The number of thioether (sulfide) groups is 1. The van der Waals surface area contributed by atoms with Crippen LogP contribution in [0.15, 0.2) is 23.1 Å². The first-order valence-electron chi connectivity index (χ1n) is 5.63. The van der Waals surface area contributed by atoms with Crippen LogP contribution in [-0.4, -0.2) is 23.6 Å². The normalized spacial score (nSPS) is 17.6. The van der Waals surface area contributed by atoms with Crippen LogP contribution >= 0.6 is 11.8 Å². The van der Waals surface area contributed by atoms with Gasteiger partial charge in [0.1, 0.15) is 0 Å². The second-order valence-corrected chi connectivity index (χ2v) is 5.44. The van der Waals surface area contributed by atoms with Crippen LogP contribution in [0.1, 0.15) is 29.8 Å². The van der Waals surface area contributed by atoms with Gasteiger partial charge in [0.15, 0.2) is 0 Å². The molecule has 1 aliphatic heterocycles. The molecule has 1 atom stereocenters. The number of esters is 1. The minimum atomic E-state index is -0.759. The maximum atomic E-state index is 11.9. The Bertz CT molecular complexity index is 468. The number of carbonyl (C=O) groups is 2. The highest BCUT2D eigenvalue weighted by atomic mass is 32.2. The lowest BCUT2D eigenvalue weighted by molar-refractivity contribution is -0.137. The summed E-state index contributed by atoms with van der Waals surface area (Å²) in [5.41, 5.74) is 1.49. The lowest BCUT2D eigenvalue weighted by Crippen LogP contribution is -2.19. The largest absolute Gasteiger partial charge is 0.460 e. The molecule has 1 aliphatic rings. The van der Waals surface area contributed by atoms with Gasteiger partial charge < -0.3 is 4.74 Å². The maximum Gasteiger partial charge on any atom is 0.379 e. The molecule has 0 saturated carbocycles. The summed E-state index contributed by atoms with van der Waals surface area (Å²) >= 11 is 1.74. The molecule has 0 fully saturated rings. The predicted molar refractivity (Wildman–Crippen MR) is 66.4 cm³/mol. The first-order valence-corrected chi connectivity index (χ1v) is 6.51. The highest BCUT2D eigenvalue weighted by Crippen LogP contribution is 2.38. The average Bonchev–Trinajstić information content (AvgIpc) is 2.68. The maximum absolute atomic E-state index is 11.9. The van der Waals surface area contributed by atoms with E-state index in [1.807, 2.05) is 12.1 Å². The van der Waals surface area contributed by atoms with Crippen molar-refractivity contribution in [3.63, 3.8) is 0 Å². The molecule has 0 saturated heterocycles. The zero-order valence-corrected chi connectivity index (χ0v) is 10.7. The van der Waals surface area contributed by atoms with Crippen molar-refractivity contribution in [2.24, 2.45) is 0 Å². The fraction of sp³-hybridized carbons (Fsp3) is 0.385. The Balaban J connectivity index is 2.32. The summed E-state index contributed by atoms with van der Waals surface area (Å²) in [5, 5.41) is 0.459. The lowest BCUT2D eigenvalue weighted by atomic mass is 10.00. The van der Waals surface area contributed by atoms with Crippen molar-refractivity contribution in [2.45, 2.75) is 30.4 Å². The summed E-state index contributed by atoms with van der Waals surface area (Å²) in [6.07, 6.45) is 0.835. The molecule has 2 rings (SSSR count). The van der Waals surface area contributed by atoms with Crippen molar-refractivity contribution in [3.05, 3.63) is 29.3 Å². The zero-order chi connectivity index (χ0) is 12.4. The summed E-state index contributed by atoms with van der Waals surface area (Å²) in [7, 11) is 0. The van der Waals surface area contributed by atoms with Crippen molar-refractivity contribution in [2.75, 3.05) is 6.61 Å². The number of hydrogen-bond donors (Lipinski definition) is 0. The summed E-state index contributed by atoms with van der Waals surface area (Å²) in [6.45, 7) is 4.03. The predicted octanol–water partition coefficient (Wildman–Crippen LogP) is 2.47. The molecular weight excluding hydrogens is 236 g/mol. The molecule has 17 heavy (non-hydrogen) atoms. The second-order valence-electron chi connectivity index (χ2n) is 3.96. The summed E-state index contributed by atoms with van der Waals surface area (Å²) < 4.78 is 4.75. The van der Waals surface area contributed by atoms with E-state index in [4.69, 9.17) is 4.74 Å². The lowest BCUT2D eigenvalue weighted by Gasteiger charge is -2.05. The minimum absolute atomic E-state index is 0.227. The van der Waals surface area contributed by atoms with E-state index in [1.54, 1.807) is 24.8 Å². The Morgan fingerprint density at radius 1 is 1.47 bits per heavy atom. The molecule has 3 nitrogen and oxygen atoms in total. The van der Waals surface area contributed by atoms with E-state index < -0.39 is 11.8 Å². The minimum Gasteiger partial charge on any atom is -0.460 e. The van der Waals surface area contributed by atoms with Gasteiger partial charge in [0.05, 0.1) is 6.61 Å². The summed E-state index contributed by atoms with van der Waals surface area (Å²) in [6, 6.07) is 5.51. The number of ether oxygens (including phenoxy) is 1. The van der Waals surface area contributed by atoms with Crippen molar-refractivity contribution >= 4 is 23.5 Å². The molecule has 0 N–H and O–H groups in total. The van der Waals surface area contributed by atoms with E-state index in [9.17, 15) is 9.59 Å². The van der Waals surface area contributed by atoms with Gasteiger partial charge >= 0.3 is 5.97 Å². The van der Waals surface area contributed by atoms with E-state index in [-0.39, 0.29) is 6.61 Å². The van der Waals surface area contributed by atoms with Crippen LogP contribution in [0.3, 0.4) is 0 Å². The smallest absolute Gasteiger partial charge is 0.379 e. The molecule has 90 valence electrons. The van der Waals surface area contributed by atoms with E-state index >= 15 is 0 Å². The van der Waals surface area contributed by atoms with E-state index in [0.29, 0.717) is 10.8 Å². The second kappa shape index (κ2) is 4.92. The van der Waals surface area contributed by atoms with Gasteiger partial charge in [-0.3, -0.25) is 4.79 Å². The number of fused-ring (bicyclic) bond motifs is 1. The third kappa shape index (κ3) is 2.36. The van der Waals surface area contributed by atoms with Crippen molar-refractivity contribution in [3.8, 4) is 0 Å². The summed E-state index contributed by atoms with van der Waals surface area (Å²) in [5.74, 6) is -1.29. The molecule has 1 heterocycles. The Morgan fingerprint density at radius 2 is 2.24 bits per heavy atom. The van der Waals surface area contributed by atoms with Crippen molar-refractivity contribution in [1.82, 2.24) is 0 Å². The van der Waals surface area contributed by atoms with E-state index in [1.165, 1.54) is 0 Å². The molecule has 0 aromatic heterocycles. The third-order valence-electron chi connectivity index (χ3n) is 2.66. The molecule has 0 aliphatic carbocycles. The van der Waals surface area contributed by atoms with Crippen molar-refractivity contribution in [1.29, 1.82) is 0 Å². The Morgan fingerprint density at radius 3 is 2.94 bits per heavy atom. The topological polar surface area (TPSA) is 43.4 Å². The molecule has 1 aromatic carbocycles. The molecule has 0 radical (unpaired) electrons. The number of benzene rings is 1. The van der Waals surface area contributed by atoms with Crippen molar-refractivity contribution < 1.29 is 14.3 Å². The van der Waals surface area contributed by atoms with Crippen LogP contribution in [0.2, 0.25) is 0 Å². The quantitative estimate of drug-likeness (QED) is 0.469. The third-order valence-corrected chi connectivity index (χ3v) is 3.86. The van der Waals surface area contributed by atoms with Crippen LogP contribution in [0.25, 0.3) is 0 Å². The van der Waals surface area contributed by atoms with Gasteiger partial charge in [-0.1, -0.05) is 19.1 Å². The van der Waals surface area contributed by atoms with Crippen LogP contribution in [0.4, 0.5) is 0 Å². The Labute approximate surface area is 105 Å². The molecule has 1 aromatic rings. The first-order chi connectivity index (χ1) is 8.13. The van der Waals surface area contributed by atoms with E-state index in [0.717, 1.165) is 16.9 Å². The monoisotopic (exact) mass is 250 g/mol. The average molecular weight is 250 g/mol. The Hall–Kier alpha value is -1.29. The fourth-order valence-corrected chi connectivity index (χ4v) is 3.13. The molecule has 0 bridgehead atoms. The standard InChI is InChI=1S/C13H14O3S/c1-3-16-13(15)12(14)9-5-4-6-11-10(9)7-8(2)17-11/h4-6,8H,3,7H2,1-2H3. The van der Waals surface area contributed by atoms with Gasteiger partial charge in [0.25, 0.3) is 5.78 Å². The summed E-state index contributed by atoms with van der Waals surface area (Å²) in [4.78, 5) is 24.5. The Kier molecular flexibility index (Phi) is 3.52. The number of Topliss-reactive ketones (excluding diaryl/α,β-unsaturated/α-hetero) is 1. The SMILES string of the molecule is CCOC(=O)C(=O)c1cccc2c1CC(C)S2. The molecule has 0 spiro atoms. The first kappa shape index (κ1) is 12.2. The highest BCUT2D eigenvalue weighted by Gasteiger charge is 2.27. The van der Waals surface area contributed by atoms with Crippen LogP contribution in [0, 0.1) is 0 Å². The van der Waals surface area contributed by atoms with E-state index in [2.05, 4.69) is 6.92 Å².